The average Bonchev–Trinajstić information content (AvgIpc) is 2.81. The Balaban J connectivity index is 2.26. The topological polar surface area (TPSA) is 28.4 Å². The van der Waals surface area contributed by atoms with Gasteiger partial charge in [-0.25, -0.2) is 0 Å². The molecule has 1 aromatic carbocycles. The average molecular weight is 265 g/mol. The van der Waals surface area contributed by atoms with Crippen molar-refractivity contribution in [3.05, 3.63) is 47.4 Å². The molecule has 18 heavy (non-hydrogen) atoms. The Morgan fingerprint density at radius 1 is 1.28 bits per heavy atom. The van der Waals surface area contributed by atoms with E-state index in [-0.39, 0.29) is 6.04 Å². The molecule has 2 rings (SSSR count). The third-order valence-corrected chi connectivity index (χ3v) is 3.15. The van der Waals surface area contributed by atoms with E-state index in [9.17, 15) is 0 Å². The molecule has 0 radical (unpaired) electrons. The van der Waals surface area contributed by atoms with Crippen LogP contribution in [0.15, 0.2) is 41.2 Å². The van der Waals surface area contributed by atoms with E-state index in [2.05, 4.69) is 12.2 Å². The molecule has 0 saturated heterocycles. The van der Waals surface area contributed by atoms with Crippen molar-refractivity contribution < 1.29 is 4.42 Å². The summed E-state index contributed by atoms with van der Waals surface area (Å²) in [7, 11) is 3.96. The van der Waals surface area contributed by atoms with Gasteiger partial charge in [0.05, 0.1) is 35.0 Å². The second-order valence-electron chi connectivity index (χ2n) is 4.45. The van der Waals surface area contributed by atoms with Gasteiger partial charge in [0.25, 0.3) is 0 Å². The van der Waals surface area contributed by atoms with Gasteiger partial charge in [0.15, 0.2) is 0 Å². The van der Waals surface area contributed by atoms with Crippen LogP contribution in [-0.4, -0.2) is 14.1 Å². The zero-order valence-electron chi connectivity index (χ0n) is 10.8. The van der Waals surface area contributed by atoms with E-state index in [4.69, 9.17) is 16.0 Å². The number of para-hydroxylation sites is 1. The third kappa shape index (κ3) is 2.62. The fraction of sp³-hybridized carbons (Fsp3) is 0.286. The molecule has 1 atom stereocenters. The summed E-state index contributed by atoms with van der Waals surface area (Å²) in [4.78, 5) is 2.01. The second kappa shape index (κ2) is 5.36. The summed E-state index contributed by atoms with van der Waals surface area (Å²) in [5.41, 5.74) is 3.12. The summed E-state index contributed by atoms with van der Waals surface area (Å²) in [6.45, 7) is 2.09. The highest BCUT2D eigenvalue weighted by atomic mass is 35.5. The van der Waals surface area contributed by atoms with Gasteiger partial charge in [0, 0.05) is 19.7 Å². The highest BCUT2D eigenvalue weighted by Gasteiger charge is 2.12. The maximum Gasteiger partial charge on any atom is 0.0955 e. The lowest BCUT2D eigenvalue weighted by molar-refractivity contribution is 0.562. The first-order valence-corrected chi connectivity index (χ1v) is 6.22. The normalized spacial score (nSPS) is 12.2. The Morgan fingerprint density at radius 3 is 2.67 bits per heavy atom. The van der Waals surface area contributed by atoms with Crippen LogP contribution in [0.2, 0.25) is 5.02 Å². The van der Waals surface area contributed by atoms with Gasteiger partial charge in [-0.05, 0) is 25.1 Å². The molecule has 1 aromatic heterocycles. The van der Waals surface area contributed by atoms with Crippen LogP contribution in [0.4, 0.5) is 11.4 Å². The molecule has 1 unspecified atom stereocenters. The van der Waals surface area contributed by atoms with Crippen LogP contribution in [-0.2, 0) is 0 Å². The number of hydrogen-bond donors (Lipinski definition) is 1. The van der Waals surface area contributed by atoms with Gasteiger partial charge in [-0.2, -0.15) is 0 Å². The molecule has 1 N–H and O–H groups in total. The largest absolute Gasteiger partial charge is 0.472 e. The number of anilines is 2. The van der Waals surface area contributed by atoms with Crippen molar-refractivity contribution in [2.75, 3.05) is 24.3 Å². The molecule has 0 aliphatic rings. The molecule has 0 bridgehead atoms. The fourth-order valence-corrected chi connectivity index (χ4v) is 2.27. The van der Waals surface area contributed by atoms with Crippen molar-refractivity contribution in [2.24, 2.45) is 0 Å². The summed E-state index contributed by atoms with van der Waals surface area (Å²) < 4.78 is 5.10. The molecule has 0 spiro atoms. The summed E-state index contributed by atoms with van der Waals surface area (Å²) >= 11 is 6.23. The van der Waals surface area contributed by atoms with Crippen molar-refractivity contribution in [3.63, 3.8) is 0 Å². The lowest BCUT2D eigenvalue weighted by Crippen LogP contribution is -2.14. The van der Waals surface area contributed by atoms with Crippen molar-refractivity contribution in [1.29, 1.82) is 0 Å². The molecule has 0 amide bonds. The SMILES string of the molecule is CC(Nc1cccc(Cl)c1N(C)C)c1ccoc1. The maximum absolute atomic E-state index is 6.23. The summed E-state index contributed by atoms with van der Waals surface area (Å²) in [6.07, 6.45) is 3.43. The molecule has 96 valence electrons. The van der Waals surface area contributed by atoms with Crippen molar-refractivity contribution >= 4 is 23.0 Å². The predicted molar refractivity (Wildman–Crippen MR) is 76.5 cm³/mol. The first kappa shape index (κ1) is 12.8. The highest BCUT2D eigenvalue weighted by molar-refractivity contribution is 6.34. The van der Waals surface area contributed by atoms with E-state index in [0.29, 0.717) is 0 Å². The Bertz CT molecular complexity index is 509. The highest BCUT2D eigenvalue weighted by Crippen LogP contribution is 2.34. The first-order chi connectivity index (χ1) is 8.59. The molecular weight excluding hydrogens is 248 g/mol. The number of halogens is 1. The Hall–Kier alpha value is -1.61. The van der Waals surface area contributed by atoms with Crippen LogP contribution in [0.3, 0.4) is 0 Å². The number of rotatable bonds is 4. The number of furan rings is 1. The van der Waals surface area contributed by atoms with E-state index in [1.807, 2.05) is 43.3 Å². The van der Waals surface area contributed by atoms with E-state index < -0.39 is 0 Å². The van der Waals surface area contributed by atoms with Crippen LogP contribution in [0.25, 0.3) is 0 Å². The monoisotopic (exact) mass is 264 g/mol. The third-order valence-electron chi connectivity index (χ3n) is 2.85. The first-order valence-electron chi connectivity index (χ1n) is 5.84. The number of hydrogen-bond acceptors (Lipinski definition) is 3. The summed E-state index contributed by atoms with van der Waals surface area (Å²) in [5.74, 6) is 0. The van der Waals surface area contributed by atoms with E-state index in [0.717, 1.165) is 22.0 Å². The molecule has 0 aliphatic heterocycles. The van der Waals surface area contributed by atoms with Gasteiger partial charge in [0.2, 0.25) is 0 Å². The van der Waals surface area contributed by atoms with E-state index in [1.54, 1.807) is 12.5 Å². The summed E-state index contributed by atoms with van der Waals surface area (Å²) in [6, 6.07) is 7.99. The quantitative estimate of drug-likeness (QED) is 0.898. The van der Waals surface area contributed by atoms with Gasteiger partial charge in [-0.3, -0.25) is 0 Å². The number of benzene rings is 1. The predicted octanol–water partition coefficient (Wildman–Crippen LogP) is 4.17. The molecule has 0 aliphatic carbocycles. The fourth-order valence-electron chi connectivity index (χ4n) is 1.92. The molecule has 1 heterocycles. The molecule has 2 aromatic rings. The van der Waals surface area contributed by atoms with Gasteiger partial charge in [-0.1, -0.05) is 17.7 Å². The molecule has 0 saturated carbocycles. The number of nitrogens with zero attached hydrogens (tertiary/aromatic N) is 1. The van der Waals surface area contributed by atoms with E-state index in [1.165, 1.54) is 0 Å². The van der Waals surface area contributed by atoms with Gasteiger partial charge in [0.1, 0.15) is 0 Å². The molecule has 3 nitrogen and oxygen atoms in total. The standard InChI is InChI=1S/C14H17ClN2O/c1-10(11-7-8-18-9-11)16-13-6-4-5-12(15)14(13)17(2)3/h4-10,16H,1-3H3. The molecular formula is C14H17ClN2O. The maximum atomic E-state index is 6.23. The summed E-state index contributed by atoms with van der Waals surface area (Å²) in [5, 5.41) is 4.19. The molecule has 0 fully saturated rings. The number of nitrogens with one attached hydrogen (secondary N) is 1. The van der Waals surface area contributed by atoms with Crippen LogP contribution < -0.4 is 10.2 Å². The minimum atomic E-state index is 0.168. The zero-order chi connectivity index (χ0) is 13.1. The Kier molecular flexibility index (Phi) is 3.82. The van der Waals surface area contributed by atoms with Crippen molar-refractivity contribution in [1.82, 2.24) is 0 Å². The van der Waals surface area contributed by atoms with Gasteiger partial charge >= 0.3 is 0 Å². The van der Waals surface area contributed by atoms with Crippen LogP contribution in [0.1, 0.15) is 18.5 Å². The van der Waals surface area contributed by atoms with Crippen LogP contribution in [0, 0.1) is 0 Å². The minimum absolute atomic E-state index is 0.168. The Morgan fingerprint density at radius 2 is 2.06 bits per heavy atom. The van der Waals surface area contributed by atoms with E-state index >= 15 is 0 Å². The van der Waals surface area contributed by atoms with Crippen molar-refractivity contribution in [3.8, 4) is 0 Å². The van der Waals surface area contributed by atoms with Crippen LogP contribution >= 0.6 is 11.6 Å². The van der Waals surface area contributed by atoms with Gasteiger partial charge < -0.3 is 14.6 Å². The Labute approximate surface area is 112 Å². The zero-order valence-corrected chi connectivity index (χ0v) is 11.5. The lowest BCUT2D eigenvalue weighted by Gasteiger charge is -2.22. The second-order valence-corrected chi connectivity index (χ2v) is 4.86. The van der Waals surface area contributed by atoms with Crippen molar-refractivity contribution in [2.45, 2.75) is 13.0 Å². The lowest BCUT2D eigenvalue weighted by atomic mass is 10.1. The van der Waals surface area contributed by atoms with Crippen LogP contribution in [0.5, 0.6) is 0 Å². The smallest absolute Gasteiger partial charge is 0.0955 e. The molecule has 4 heteroatoms. The van der Waals surface area contributed by atoms with Gasteiger partial charge in [-0.15, -0.1) is 0 Å². The minimum Gasteiger partial charge on any atom is -0.472 e.